The van der Waals surface area contributed by atoms with Gasteiger partial charge in [0.2, 0.25) is 0 Å². The van der Waals surface area contributed by atoms with Crippen molar-refractivity contribution in [3.05, 3.63) is 62.6 Å². The summed E-state index contributed by atoms with van der Waals surface area (Å²) in [6.07, 6.45) is 0. The van der Waals surface area contributed by atoms with Gasteiger partial charge in [-0.15, -0.1) is 0 Å². The highest BCUT2D eigenvalue weighted by Crippen LogP contribution is 2.26. The van der Waals surface area contributed by atoms with Crippen LogP contribution in [0.3, 0.4) is 0 Å². The summed E-state index contributed by atoms with van der Waals surface area (Å²) in [6, 6.07) is 9.53. The van der Waals surface area contributed by atoms with Gasteiger partial charge in [0.25, 0.3) is 5.91 Å². The number of hydrogen-bond acceptors (Lipinski definition) is 3. The maximum Gasteiger partial charge on any atom is 0.419 e. The molecule has 0 saturated heterocycles. The van der Waals surface area contributed by atoms with Crippen molar-refractivity contribution in [2.75, 3.05) is 5.32 Å². The number of carbonyl (C=O) groups is 1. The van der Waals surface area contributed by atoms with E-state index >= 15 is 0 Å². The van der Waals surface area contributed by atoms with Crippen LogP contribution in [-0.2, 0) is 7.05 Å². The molecule has 0 aliphatic carbocycles. The zero-order valence-corrected chi connectivity index (χ0v) is 12.9. The van der Waals surface area contributed by atoms with E-state index in [1.165, 1.54) is 4.57 Å². The predicted octanol–water partition coefficient (Wildman–Crippen LogP) is 3.69. The van der Waals surface area contributed by atoms with Gasteiger partial charge in [-0.25, -0.2) is 4.79 Å². The fraction of sp³-hybridized carbons (Fsp3) is 0.0667. The van der Waals surface area contributed by atoms with Gasteiger partial charge in [0, 0.05) is 17.6 Å². The van der Waals surface area contributed by atoms with E-state index in [0.29, 0.717) is 32.4 Å². The quantitative estimate of drug-likeness (QED) is 0.776. The number of oxazole rings is 1. The summed E-state index contributed by atoms with van der Waals surface area (Å²) in [4.78, 5) is 23.7. The summed E-state index contributed by atoms with van der Waals surface area (Å²) in [5, 5.41) is 3.53. The van der Waals surface area contributed by atoms with Crippen LogP contribution in [0.4, 0.5) is 5.69 Å². The first-order valence-electron chi connectivity index (χ1n) is 6.31. The van der Waals surface area contributed by atoms with Crippen LogP contribution in [0.1, 0.15) is 10.4 Å². The molecule has 112 valence electrons. The normalized spacial score (nSPS) is 10.9. The molecule has 0 aliphatic heterocycles. The molecule has 1 N–H and O–H groups in total. The number of carbonyl (C=O) groups excluding carboxylic acids is 1. The number of nitrogens with one attached hydrogen (secondary N) is 1. The predicted molar refractivity (Wildman–Crippen MR) is 85.9 cm³/mol. The minimum absolute atomic E-state index is 0.345. The molecule has 0 aliphatic rings. The highest BCUT2D eigenvalue weighted by molar-refractivity contribution is 6.36. The molecule has 2 aromatic carbocycles. The van der Waals surface area contributed by atoms with Crippen LogP contribution in [-0.4, -0.2) is 10.5 Å². The summed E-state index contributed by atoms with van der Waals surface area (Å²) in [6.45, 7) is 0. The number of aromatic nitrogens is 1. The zero-order valence-electron chi connectivity index (χ0n) is 11.4. The van der Waals surface area contributed by atoms with Crippen LogP contribution < -0.4 is 11.1 Å². The Balaban J connectivity index is 1.95. The van der Waals surface area contributed by atoms with Crippen molar-refractivity contribution in [1.82, 2.24) is 4.57 Å². The molecular weight excluding hydrogens is 327 g/mol. The molecule has 0 atom stereocenters. The minimum Gasteiger partial charge on any atom is -0.408 e. The Bertz CT molecular complexity index is 944. The fourth-order valence-corrected chi connectivity index (χ4v) is 2.51. The van der Waals surface area contributed by atoms with Crippen LogP contribution >= 0.6 is 23.2 Å². The fourth-order valence-electron chi connectivity index (χ4n) is 2.05. The van der Waals surface area contributed by atoms with Crippen LogP contribution in [0.5, 0.6) is 0 Å². The molecule has 1 aromatic heterocycles. The highest BCUT2D eigenvalue weighted by atomic mass is 35.5. The molecule has 1 heterocycles. The number of anilines is 1. The van der Waals surface area contributed by atoms with Gasteiger partial charge in [0.1, 0.15) is 0 Å². The zero-order chi connectivity index (χ0) is 15.9. The van der Waals surface area contributed by atoms with Crippen molar-refractivity contribution >= 4 is 45.9 Å². The van der Waals surface area contributed by atoms with E-state index in [4.69, 9.17) is 27.6 Å². The maximum absolute atomic E-state index is 12.3. The average Bonchev–Trinajstić information content (AvgIpc) is 2.77. The Kier molecular flexibility index (Phi) is 3.68. The van der Waals surface area contributed by atoms with Gasteiger partial charge in [0.05, 0.1) is 16.2 Å². The summed E-state index contributed by atoms with van der Waals surface area (Å²) >= 11 is 11.8. The lowest BCUT2D eigenvalue weighted by atomic mass is 10.2. The first-order chi connectivity index (χ1) is 10.5. The Morgan fingerprint density at radius 1 is 1.18 bits per heavy atom. The second-order valence-electron chi connectivity index (χ2n) is 4.69. The van der Waals surface area contributed by atoms with E-state index in [1.54, 1.807) is 43.4 Å². The largest absolute Gasteiger partial charge is 0.419 e. The third kappa shape index (κ3) is 2.61. The van der Waals surface area contributed by atoms with Gasteiger partial charge in [0.15, 0.2) is 5.58 Å². The maximum atomic E-state index is 12.3. The van der Waals surface area contributed by atoms with Gasteiger partial charge in [-0.1, -0.05) is 23.2 Å². The van der Waals surface area contributed by atoms with Crippen molar-refractivity contribution in [3.8, 4) is 0 Å². The van der Waals surface area contributed by atoms with Gasteiger partial charge in [-0.3, -0.25) is 9.36 Å². The summed E-state index contributed by atoms with van der Waals surface area (Å²) in [7, 11) is 1.58. The number of fused-ring (bicyclic) bond motifs is 1. The third-order valence-corrected chi connectivity index (χ3v) is 3.78. The van der Waals surface area contributed by atoms with Crippen molar-refractivity contribution in [2.45, 2.75) is 0 Å². The number of halogens is 2. The molecule has 0 bridgehead atoms. The number of benzene rings is 2. The van der Waals surface area contributed by atoms with Gasteiger partial charge in [-0.05, 0) is 36.4 Å². The Morgan fingerprint density at radius 3 is 2.68 bits per heavy atom. The third-order valence-electron chi connectivity index (χ3n) is 3.23. The summed E-state index contributed by atoms with van der Waals surface area (Å²) in [5.41, 5.74) is 1.81. The molecule has 0 unspecified atom stereocenters. The molecule has 0 saturated carbocycles. The van der Waals surface area contributed by atoms with E-state index in [2.05, 4.69) is 5.32 Å². The first kappa shape index (κ1) is 14.7. The molecule has 7 heteroatoms. The Labute approximate surface area is 135 Å². The lowest BCUT2D eigenvalue weighted by molar-refractivity contribution is 0.102. The molecule has 3 aromatic rings. The van der Waals surface area contributed by atoms with E-state index in [-0.39, 0.29) is 5.91 Å². The number of amides is 1. The summed E-state index contributed by atoms with van der Waals surface area (Å²) < 4.78 is 6.36. The van der Waals surface area contributed by atoms with Crippen LogP contribution in [0.25, 0.3) is 11.1 Å². The topological polar surface area (TPSA) is 64.2 Å². The Morgan fingerprint density at radius 2 is 1.95 bits per heavy atom. The van der Waals surface area contributed by atoms with Gasteiger partial charge >= 0.3 is 5.76 Å². The first-order valence-corrected chi connectivity index (χ1v) is 7.07. The van der Waals surface area contributed by atoms with Gasteiger partial charge < -0.3 is 9.73 Å². The van der Waals surface area contributed by atoms with Crippen LogP contribution in [0, 0.1) is 0 Å². The number of rotatable bonds is 2. The molecule has 1 amide bonds. The molecule has 5 nitrogen and oxygen atoms in total. The molecule has 0 radical (unpaired) electrons. The van der Waals surface area contributed by atoms with E-state index < -0.39 is 5.76 Å². The van der Waals surface area contributed by atoms with Crippen LogP contribution in [0.15, 0.2) is 45.6 Å². The number of aryl methyl sites for hydroxylation is 1. The van der Waals surface area contributed by atoms with Crippen molar-refractivity contribution in [3.63, 3.8) is 0 Å². The van der Waals surface area contributed by atoms with Crippen LogP contribution in [0.2, 0.25) is 10.0 Å². The molecule has 0 spiro atoms. The number of nitrogens with zero attached hydrogens (tertiary/aromatic N) is 1. The molecule has 3 rings (SSSR count). The standard InChI is InChI=1S/C15H10Cl2N2O3/c1-19-12-6-8(2-5-13(12)22-15(19)21)14(20)18-11-4-3-9(16)7-10(11)17/h2-7H,1H3,(H,18,20). The second-order valence-corrected chi connectivity index (χ2v) is 5.53. The molecule has 22 heavy (non-hydrogen) atoms. The monoisotopic (exact) mass is 336 g/mol. The highest BCUT2D eigenvalue weighted by Gasteiger charge is 2.12. The smallest absolute Gasteiger partial charge is 0.408 e. The SMILES string of the molecule is Cn1c(=O)oc2ccc(C(=O)Nc3ccc(Cl)cc3Cl)cc21. The second kappa shape index (κ2) is 5.51. The summed E-state index contributed by atoms with van der Waals surface area (Å²) in [5.74, 6) is -0.826. The Hall–Kier alpha value is -2.24. The lowest BCUT2D eigenvalue weighted by Gasteiger charge is -2.07. The van der Waals surface area contributed by atoms with Crippen molar-refractivity contribution in [1.29, 1.82) is 0 Å². The minimum atomic E-state index is -0.478. The lowest BCUT2D eigenvalue weighted by Crippen LogP contribution is -2.13. The molecular formula is C15H10Cl2N2O3. The van der Waals surface area contributed by atoms with Gasteiger partial charge in [-0.2, -0.15) is 0 Å². The van der Waals surface area contributed by atoms with E-state index in [1.807, 2.05) is 0 Å². The average molecular weight is 337 g/mol. The van der Waals surface area contributed by atoms with Crippen molar-refractivity contribution < 1.29 is 9.21 Å². The van der Waals surface area contributed by atoms with E-state index in [9.17, 15) is 9.59 Å². The van der Waals surface area contributed by atoms with Crippen molar-refractivity contribution in [2.24, 2.45) is 7.05 Å². The number of hydrogen-bond donors (Lipinski definition) is 1. The van der Waals surface area contributed by atoms with E-state index in [0.717, 1.165) is 0 Å². The molecule has 0 fully saturated rings.